The van der Waals surface area contributed by atoms with Crippen LogP contribution < -0.4 is 5.56 Å². The monoisotopic (exact) mass is 305 g/mol. The van der Waals surface area contributed by atoms with Crippen LogP contribution in [-0.4, -0.2) is 9.67 Å². The molecule has 3 aromatic rings. The van der Waals surface area contributed by atoms with E-state index in [-0.39, 0.29) is 5.69 Å². The van der Waals surface area contributed by atoms with E-state index in [4.69, 9.17) is 0 Å². The number of hydrogen-bond acceptors (Lipinski definition) is 2. The molecule has 0 fully saturated rings. The summed E-state index contributed by atoms with van der Waals surface area (Å²) in [5.74, 6) is -0.432. The van der Waals surface area contributed by atoms with E-state index >= 15 is 0 Å². The molecule has 0 amide bonds. The third kappa shape index (κ3) is 2.32. The minimum Gasteiger partial charge on any atom is -0.503 e. The van der Waals surface area contributed by atoms with Crippen LogP contribution in [0.1, 0.15) is 5.56 Å². The molecule has 112 valence electrons. The van der Waals surface area contributed by atoms with Crippen molar-refractivity contribution in [3.05, 3.63) is 70.6 Å². The van der Waals surface area contributed by atoms with Gasteiger partial charge in [-0.15, -0.1) is 0 Å². The van der Waals surface area contributed by atoms with Gasteiger partial charge in [-0.05, 0) is 24.3 Å². The summed E-state index contributed by atoms with van der Waals surface area (Å²) in [5, 5.41) is 11.0. The maximum absolute atomic E-state index is 12.6. The summed E-state index contributed by atoms with van der Waals surface area (Å²) in [6.07, 6.45) is -2.95. The fourth-order valence-corrected chi connectivity index (χ4v) is 2.26. The Morgan fingerprint density at radius 3 is 2.23 bits per heavy atom. The number of alkyl halides is 3. The summed E-state index contributed by atoms with van der Waals surface area (Å²) >= 11 is 0. The van der Waals surface area contributed by atoms with Crippen LogP contribution in [0.5, 0.6) is 5.75 Å². The summed E-state index contributed by atoms with van der Waals surface area (Å²) in [5.41, 5.74) is -1.23. The zero-order valence-corrected chi connectivity index (χ0v) is 11.1. The lowest BCUT2D eigenvalue weighted by Gasteiger charge is -2.11. The average molecular weight is 305 g/mol. The van der Waals surface area contributed by atoms with E-state index < -0.39 is 23.0 Å². The Kier molecular flexibility index (Phi) is 3.16. The van der Waals surface area contributed by atoms with E-state index in [1.165, 1.54) is 18.3 Å². The Hall–Kier alpha value is -2.76. The molecule has 2 aromatic carbocycles. The number of benzene rings is 2. The normalized spacial score (nSPS) is 11.8. The zero-order valence-electron chi connectivity index (χ0n) is 11.1. The highest BCUT2D eigenvalue weighted by Gasteiger charge is 2.30. The van der Waals surface area contributed by atoms with Crippen molar-refractivity contribution in [2.75, 3.05) is 0 Å². The van der Waals surface area contributed by atoms with Crippen LogP contribution in [0.2, 0.25) is 0 Å². The van der Waals surface area contributed by atoms with E-state index in [2.05, 4.69) is 0 Å². The second-order valence-electron chi connectivity index (χ2n) is 4.78. The first kappa shape index (κ1) is 14.2. The van der Waals surface area contributed by atoms with Crippen molar-refractivity contribution in [1.29, 1.82) is 0 Å². The topological polar surface area (TPSA) is 42.2 Å². The Labute approximate surface area is 122 Å². The van der Waals surface area contributed by atoms with Gasteiger partial charge in [-0.3, -0.25) is 9.36 Å². The van der Waals surface area contributed by atoms with Gasteiger partial charge in [0.05, 0.1) is 5.56 Å². The largest absolute Gasteiger partial charge is 0.503 e. The Balaban J connectivity index is 2.18. The molecule has 0 bridgehead atoms. The number of hydrogen-bond donors (Lipinski definition) is 1. The van der Waals surface area contributed by atoms with Crippen LogP contribution in [-0.2, 0) is 6.18 Å². The van der Waals surface area contributed by atoms with Crippen molar-refractivity contribution in [3.8, 4) is 11.4 Å². The van der Waals surface area contributed by atoms with E-state index in [0.29, 0.717) is 10.8 Å². The smallest absolute Gasteiger partial charge is 0.416 e. The molecule has 0 aliphatic heterocycles. The molecule has 6 heteroatoms. The van der Waals surface area contributed by atoms with Crippen molar-refractivity contribution in [3.63, 3.8) is 0 Å². The Bertz CT molecular complexity index is 896. The quantitative estimate of drug-likeness (QED) is 0.744. The lowest BCUT2D eigenvalue weighted by Crippen LogP contribution is -2.17. The van der Waals surface area contributed by atoms with E-state index in [1.54, 1.807) is 24.3 Å². The maximum atomic E-state index is 12.6. The molecule has 0 unspecified atom stereocenters. The minimum atomic E-state index is -4.44. The first-order valence-corrected chi connectivity index (χ1v) is 6.39. The van der Waals surface area contributed by atoms with Crippen LogP contribution >= 0.6 is 0 Å². The number of fused-ring (bicyclic) bond motifs is 1. The van der Waals surface area contributed by atoms with Gasteiger partial charge in [0, 0.05) is 22.7 Å². The van der Waals surface area contributed by atoms with E-state index in [9.17, 15) is 23.1 Å². The van der Waals surface area contributed by atoms with Crippen LogP contribution in [0.3, 0.4) is 0 Å². The molecule has 3 nitrogen and oxygen atoms in total. The van der Waals surface area contributed by atoms with Gasteiger partial charge in [0.1, 0.15) is 0 Å². The van der Waals surface area contributed by atoms with Gasteiger partial charge in [0.15, 0.2) is 5.75 Å². The molecule has 0 spiro atoms. The molecule has 1 N–H and O–H groups in total. The molecule has 22 heavy (non-hydrogen) atoms. The molecule has 0 radical (unpaired) electrons. The highest BCUT2D eigenvalue weighted by atomic mass is 19.4. The third-order valence-electron chi connectivity index (χ3n) is 3.38. The van der Waals surface area contributed by atoms with E-state index in [0.717, 1.165) is 16.7 Å². The van der Waals surface area contributed by atoms with Crippen molar-refractivity contribution in [1.82, 2.24) is 4.57 Å². The van der Waals surface area contributed by atoms with Gasteiger partial charge in [-0.2, -0.15) is 13.2 Å². The van der Waals surface area contributed by atoms with Gasteiger partial charge in [0.2, 0.25) is 0 Å². The first-order chi connectivity index (χ1) is 10.4. The molecule has 1 aromatic heterocycles. The summed E-state index contributed by atoms with van der Waals surface area (Å²) in [4.78, 5) is 12.2. The van der Waals surface area contributed by atoms with Gasteiger partial charge < -0.3 is 5.11 Å². The number of aromatic hydroxyl groups is 1. The molecule has 1 heterocycles. The molecule has 0 atom stereocenters. The lowest BCUT2D eigenvalue weighted by molar-refractivity contribution is -0.137. The van der Waals surface area contributed by atoms with Gasteiger partial charge in [-0.1, -0.05) is 24.3 Å². The van der Waals surface area contributed by atoms with Crippen LogP contribution in [0.25, 0.3) is 16.5 Å². The zero-order chi connectivity index (χ0) is 15.9. The molecule has 0 aliphatic carbocycles. The van der Waals surface area contributed by atoms with Gasteiger partial charge in [-0.25, -0.2) is 0 Å². The Morgan fingerprint density at radius 1 is 0.955 bits per heavy atom. The number of rotatable bonds is 1. The van der Waals surface area contributed by atoms with Gasteiger partial charge in [0.25, 0.3) is 5.56 Å². The average Bonchev–Trinajstić information content (AvgIpc) is 2.50. The number of pyridine rings is 1. The second-order valence-corrected chi connectivity index (χ2v) is 4.78. The molecule has 0 aliphatic rings. The highest BCUT2D eigenvalue weighted by molar-refractivity contribution is 5.87. The summed E-state index contributed by atoms with van der Waals surface area (Å²) in [6.45, 7) is 0. The van der Waals surface area contributed by atoms with Crippen LogP contribution in [0.4, 0.5) is 13.2 Å². The lowest BCUT2D eigenvalue weighted by atomic mass is 10.1. The summed E-state index contributed by atoms with van der Waals surface area (Å²) in [7, 11) is 0. The van der Waals surface area contributed by atoms with Crippen LogP contribution in [0.15, 0.2) is 59.5 Å². The number of halogens is 3. The van der Waals surface area contributed by atoms with Crippen molar-refractivity contribution in [2.45, 2.75) is 6.18 Å². The molecular weight excluding hydrogens is 295 g/mol. The third-order valence-corrected chi connectivity index (χ3v) is 3.38. The molecule has 3 rings (SSSR count). The maximum Gasteiger partial charge on any atom is 0.416 e. The summed E-state index contributed by atoms with van der Waals surface area (Å²) < 4.78 is 38.8. The number of nitrogens with zero attached hydrogens (tertiary/aromatic N) is 1. The fraction of sp³-hybridized carbons (Fsp3) is 0.0625. The van der Waals surface area contributed by atoms with Gasteiger partial charge >= 0.3 is 6.18 Å². The fourth-order valence-electron chi connectivity index (χ4n) is 2.26. The van der Waals surface area contributed by atoms with Crippen molar-refractivity contribution >= 4 is 10.8 Å². The summed E-state index contributed by atoms with van der Waals surface area (Å²) in [6, 6.07) is 10.9. The molecular formula is C16H10F3NO2. The second kappa shape index (κ2) is 4.91. The minimum absolute atomic E-state index is 0.249. The molecule has 0 saturated carbocycles. The first-order valence-electron chi connectivity index (χ1n) is 6.39. The van der Waals surface area contributed by atoms with Crippen molar-refractivity contribution in [2.24, 2.45) is 0 Å². The van der Waals surface area contributed by atoms with Crippen molar-refractivity contribution < 1.29 is 18.3 Å². The van der Waals surface area contributed by atoms with E-state index in [1.807, 2.05) is 0 Å². The van der Waals surface area contributed by atoms with Crippen LogP contribution in [0, 0.1) is 0 Å². The number of aromatic nitrogens is 1. The highest BCUT2D eigenvalue weighted by Crippen LogP contribution is 2.30. The predicted octanol–water partition coefficient (Wildman–Crippen LogP) is 3.72. The SMILES string of the molecule is O=c1c(O)c2ccccc2cn1-c1ccc(C(F)(F)F)cc1. The molecule has 0 saturated heterocycles. The Morgan fingerprint density at radius 2 is 1.59 bits per heavy atom. The standard InChI is InChI=1S/C16H10F3NO2/c17-16(18,19)11-5-7-12(8-6-11)20-9-10-3-1-2-4-13(10)14(21)15(20)22/h1-9,21H. The predicted molar refractivity (Wildman–Crippen MR) is 76.2 cm³/mol.